The maximum Gasteiger partial charge on any atom is 0.234 e. The summed E-state index contributed by atoms with van der Waals surface area (Å²) in [5.41, 5.74) is 0. The maximum atomic E-state index is 11.2. The van der Waals surface area contributed by atoms with E-state index in [1.165, 1.54) is 0 Å². The molecule has 1 atom stereocenters. The molecule has 2 rings (SSSR count). The Morgan fingerprint density at radius 3 is 2.89 bits per heavy atom. The van der Waals surface area contributed by atoms with Crippen LogP contribution in [0, 0.1) is 0 Å². The molecule has 0 bridgehead atoms. The van der Waals surface area contributed by atoms with E-state index in [2.05, 4.69) is 9.97 Å². The first-order chi connectivity index (χ1) is 8.56. The van der Waals surface area contributed by atoms with E-state index < -0.39 is 0 Å². The van der Waals surface area contributed by atoms with Gasteiger partial charge in [0.1, 0.15) is 6.10 Å². The molecule has 0 aromatic carbocycles. The Morgan fingerprint density at radius 2 is 2.28 bits per heavy atom. The molecule has 1 amide bonds. The molecule has 6 nitrogen and oxygen atoms in total. The van der Waals surface area contributed by atoms with Crippen molar-refractivity contribution in [3.63, 3.8) is 0 Å². The summed E-state index contributed by atoms with van der Waals surface area (Å²) in [7, 11) is 3.81. The molecule has 1 aromatic rings. The van der Waals surface area contributed by atoms with Crippen molar-refractivity contribution < 1.29 is 9.53 Å². The van der Waals surface area contributed by atoms with Crippen LogP contribution in [0.2, 0.25) is 0 Å². The Labute approximate surface area is 107 Å². The van der Waals surface area contributed by atoms with Gasteiger partial charge in [-0.15, -0.1) is 0 Å². The van der Waals surface area contributed by atoms with Crippen molar-refractivity contribution in [2.45, 2.75) is 19.4 Å². The van der Waals surface area contributed by atoms with Gasteiger partial charge in [-0.05, 0) is 0 Å². The molecule has 1 aliphatic heterocycles. The molecule has 0 spiro atoms. The van der Waals surface area contributed by atoms with Crippen LogP contribution in [-0.2, 0) is 4.79 Å². The van der Waals surface area contributed by atoms with Crippen LogP contribution in [0.5, 0.6) is 5.88 Å². The third-order valence-corrected chi connectivity index (χ3v) is 2.94. The highest BCUT2D eigenvalue weighted by Gasteiger charge is 2.25. The molecule has 1 fully saturated rings. The molecular weight excluding hydrogens is 232 g/mol. The molecule has 0 aliphatic carbocycles. The van der Waals surface area contributed by atoms with Gasteiger partial charge in [-0.25, -0.2) is 0 Å². The number of rotatable bonds is 3. The van der Waals surface area contributed by atoms with Gasteiger partial charge < -0.3 is 14.5 Å². The predicted molar refractivity (Wildman–Crippen MR) is 67.6 cm³/mol. The van der Waals surface area contributed by atoms with Crippen molar-refractivity contribution in [3.05, 3.63) is 12.4 Å². The summed E-state index contributed by atoms with van der Waals surface area (Å²) in [6.07, 6.45) is 4.14. The number of carbonyl (C=O) groups excluding carboxylic acids is 1. The number of nitrogens with zero attached hydrogens (tertiary/aromatic N) is 4. The number of hydrogen-bond acceptors (Lipinski definition) is 5. The minimum atomic E-state index is 0.0145. The summed E-state index contributed by atoms with van der Waals surface area (Å²) in [5.74, 6) is 1.36. The fourth-order valence-corrected chi connectivity index (χ4v) is 1.89. The van der Waals surface area contributed by atoms with Crippen LogP contribution in [0.3, 0.4) is 0 Å². The lowest BCUT2D eigenvalue weighted by atomic mass is 10.3. The third kappa shape index (κ3) is 2.88. The van der Waals surface area contributed by atoms with Crippen molar-refractivity contribution in [3.8, 4) is 5.88 Å². The molecule has 0 unspecified atom stereocenters. The van der Waals surface area contributed by atoms with Crippen molar-refractivity contribution in [2.75, 3.05) is 32.1 Å². The van der Waals surface area contributed by atoms with E-state index in [9.17, 15) is 4.79 Å². The zero-order chi connectivity index (χ0) is 13.1. The van der Waals surface area contributed by atoms with Gasteiger partial charge in [0.15, 0.2) is 5.82 Å². The highest BCUT2D eigenvalue weighted by atomic mass is 16.5. The molecule has 18 heavy (non-hydrogen) atoms. The topological polar surface area (TPSA) is 58.6 Å². The SMILES string of the molecule is CC(=O)N1CC[C@@H](Oc2cncc(N(C)C)n2)C1. The fraction of sp³-hybridized carbons (Fsp3) is 0.583. The quantitative estimate of drug-likeness (QED) is 0.783. The van der Waals surface area contributed by atoms with E-state index in [1.807, 2.05) is 19.0 Å². The molecule has 1 aromatic heterocycles. The average molecular weight is 250 g/mol. The standard InChI is InChI=1S/C12H18N4O2/c1-9(17)16-5-4-10(8-16)18-12-7-13-6-11(14-12)15(2)3/h6-7,10H,4-5,8H2,1-3H3/t10-/m1/s1. The minimum absolute atomic E-state index is 0.0145. The molecule has 98 valence electrons. The van der Waals surface area contributed by atoms with E-state index >= 15 is 0 Å². The summed E-state index contributed by atoms with van der Waals surface area (Å²) in [6, 6.07) is 0. The third-order valence-electron chi connectivity index (χ3n) is 2.94. The number of anilines is 1. The number of likely N-dealkylation sites (tertiary alicyclic amines) is 1. The number of carbonyl (C=O) groups is 1. The van der Waals surface area contributed by atoms with Gasteiger partial charge in [0.05, 0.1) is 18.9 Å². The van der Waals surface area contributed by atoms with Gasteiger partial charge in [0.2, 0.25) is 11.8 Å². The molecule has 1 saturated heterocycles. The second-order valence-corrected chi connectivity index (χ2v) is 4.60. The number of ether oxygens (including phenoxy) is 1. The van der Waals surface area contributed by atoms with Crippen LogP contribution < -0.4 is 9.64 Å². The molecule has 1 aliphatic rings. The zero-order valence-corrected chi connectivity index (χ0v) is 11.0. The predicted octanol–water partition coefficient (Wildman–Crippen LogP) is 0.542. The lowest BCUT2D eigenvalue weighted by Gasteiger charge is -2.16. The van der Waals surface area contributed by atoms with Gasteiger partial charge in [0, 0.05) is 34.0 Å². The van der Waals surface area contributed by atoms with E-state index in [1.54, 1.807) is 24.2 Å². The fourth-order valence-electron chi connectivity index (χ4n) is 1.89. The zero-order valence-electron chi connectivity index (χ0n) is 11.0. The smallest absolute Gasteiger partial charge is 0.234 e. The van der Waals surface area contributed by atoms with E-state index in [4.69, 9.17) is 4.74 Å². The van der Waals surface area contributed by atoms with E-state index in [0.29, 0.717) is 12.4 Å². The highest BCUT2D eigenvalue weighted by Crippen LogP contribution is 2.17. The van der Waals surface area contributed by atoms with Crippen molar-refractivity contribution >= 4 is 11.7 Å². The monoisotopic (exact) mass is 250 g/mol. The van der Waals surface area contributed by atoms with Crippen LogP contribution in [0.1, 0.15) is 13.3 Å². The number of hydrogen-bond donors (Lipinski definition) is 0. The summed E-state index contributed by atoms with van der Waals surface area (Å²) in [5, 5.41) is 0. The number of aromatic nitrogens is 2. The Kier molecular flexibility index (Phi) is 3.64. The van der Waals surface area contributed by atoms with Gasteiger partial charge in [0.25, 0.3) is 0 Å². The first-order valence-electron chi connectivity index (χ1n) is 5.98. The minimum Gasteiger partial charge on any atom is -0.471 e. The Morgan fingerprint density at radius 1 is 1.50 bits per heavy atom. The van der Waals surface area contributed by atoms with Gasteiger partial charge in [-0.3, -0.25) is 9.78 Å². The maximum absolute atomic E-state index is 11.2. The molecule has 0 saturated carbocycles. The first-order valence-corrected chi connectivity index (χ1v) is 5.98. The number of amides is 1. The Bertz CT molecular complexity index is 436. The van der Waals surface area contributed by atoms with E-state index in [0.717, 1.165) is 18.8 Å². The van der Waals surface area contributed by atoms with Crippen molar-refractivity contribution in [2.24, 2.45) is 0 Å². The summed E-state index contributed by atoms with van der Waals surface area (Å²) >= 11 is 0. The second-order valence-electron chi connectivity index (χ2n) is 4.60. The first kappa shape index (κ1) is 12.6. The van der Waals surface area contributed by atoms with Crippen LogP contribution in [0.25, 0.3) is 0 Å². The lowest BCUT2D eigenvalue weighted by molar-refractivity contribution is -0.128. The van der Waals surface area contributed by atoms with Crippen molar-refractivity contribution in [1.29, 1.82) is 0 Å². The van der Waals surface area contributed by atoms with Crippen molar-refractivity contribution in [1.82, 2.24) is 14.9 Å². The summed E-state index contributed by atoms with van der Waals surface area (Å²) in [6.45, 7) is 2.96. The molecule has 6 heteroatoms. The highest BCUT2D eigenvalue weighted by molar-refractivity contribution is 5.73. The van der Waals surface area contributed by atoms with Gasteiger partial charge in [-0.1, -0.05) is 0 Å². The van der Waals surface area contributed by atoms with Gasteiger partial charge >= 0.3 is 0 Å². The van der Waals surface area contributed by atoms with Gasteiger partial charge in [-0.2, -0.15) is 4.98 Å². The van der Waals surface area contributed by atoms with Crippen LogP contribution in [0.15, 0.2) is 12.4 Å². The Hall–Kier alpha value is -1.85. The second kappa shape index (κ2) is 5.20. The average Bonchev–Trinajstić information content (AvgIpc) is 2.78. The van der Waals surface area contributed by atoms with E-state index in [-0.39, 0.29) is 12.0 Å². The van der Waals surface area contributed by atoms with Crippen LogP contribution in [-0.4, -0.2) is 54.1 Å². The van der Waals surface area contributed by atoms with Crippen LogP contribution >= 0.6 is 0 Å². The lowest BCUT2D eigenvalue weighted by Crippen LogP contribution is -2.28. The van der Waals surface area contributed by atoms with Crippen LogP contribution in [0.4, 0.5) is 5.82 Å². The summed E-state index contributed by atoms with van der Waals surface area (Å²) < 4.78 is 5.75. The molecule has 0 radical (unpaired) electrons. The largest absolute Gasteiger partial charge is 0.471 e. The molecule has 0 N–H and O–H groups in total. The summed E-state index contributed by atoms with van der Waals surface area (Å²) in [4.78, 5) is 23.3. The molecular formula is C12H18N4O2. The normalized spacial score (nSPS) is 18.8. The molecule has 2 heterocycles. The Balaban J connectivity index is 1.98.